The number of para-hydroxylation sites is 1. The summed E-state index contributed by atoms with van der Waals surface area (Å²) in [7, 11) is -4.12. The van der Waals surface area contributed by atoms with Gasteiger partial charge in [-0.2, -0.15) is 8.42 Å². The van der Waals surface area contributed by atoms with E-state index in [-0.39, 0.29) is 26.6 Å². The number of nitrogens with one attached hydrogen (secondary N) is 2. The second-order valence-electron chi connectivity index (χ2n) is 6.98. The molecule has 0 aliphatic carbocycles. The van der Waals surface area contributed by atoms with E-state index in [1.165, 1.54) is 18.2 Å². The van der Waals surface area contributed by atoms with Crippen LogP contribution in [0.1, 0.15) is 33.6 Å². The molecule has 0 radical (unpaired) electrons. The molecular formula is C20H18ClN5O4S2. The normalized spacial score (nSPS) is 13.7. The van der Waals surface area contributed by atoms with Gasteiger partial charge in [-0.05, 0) is 49.2 Å². The highest BCUT2D eigenvalue weighted by Crippen LogP contribution is 2.26. The molecule has 1 aromatic heterocycles. The lowest BCUT2D eigenvalue weighted by Gasteiger charge is -2.17. The molecule has 0 unspecified atom stereocenters. The minimum atomic E-state index is -4.12. The second kappa shape index (κ2) is 9.23. The van der Waals surface area contributed by atoms with Crippen LogP contribution in [0.25, 0.3) is 0 Å². The largest absolute Gasteiger partial charge is 0.339 e. The summed E-state index contributed by atoms with van der Waals surface area (Å²) in [6.07, 6.45) is 1.85. The summed E-state index contributed by atoms with van der Waals surface area (Å²) in [4.78, 5) is 26.8. The molecule has 2 aromatic carbocycles. The number of halogens is 1. The van der Waals surface area contributed by atoms with Gasteiger partial charge in [-0.1, -0.05) is 35.1 Å². The Labute approximate surface area is 193 Å². The first-order valence-corrected chi connectivity index (χ1v) is 12.3. The van der Waals surface area contributed by atoms with Gasteiger partial charge in [0.25, 0.3) is 26.2 Å². The lowest BCUT2D eigenvalue weighted by Crippen LogP contribution is -2.28. The Hall–Kier alpha value is -3.02. The lowest BCUT2D eigenvalue weighted by molar-refractivity contribution is 0.0793. The first-order valence-electron chi connectivity index (χ1n) is 9.65. The predicted octanol–water partition coefficient (Wildman–Crippen LogP) is 3.48. The summed E-state index contributed by atoms with van der Waals surface area (Å²) in [6, 6.07) is 12.6. The molecular weight excluding hydrogens is 474 g/mol. The maximum absolute atomic E-state index is 12.8. The molecule has 12 heteroatoms. The van der Waals surface area contributed by atoms with Gasteiger partial charge in [0, 0.05) is 23.7 Å². The smallest absolute Gasteiger partial charge is 0.291 e. The fourth-order valence-electron chi connectivity index (χ4n) is 3.18. The zero-order valence-corrected chi connectivity index (χ0v) is 19.0. The average Bonchev–Trinajstić information content (AvgIpc) is 3.47. The molecule has 2 amide bonds. The van der Waals surface area contributed by atoms with Crippen molar-refractivity contribution in [3.05, 3.63) is 64.7 Å². The average molecular weight is 492 g/mol. The third kappa shape index (κ3) is 4.90. The monoisotopic (exact) mass is 491 g/mol. The van der Waals surface area contributed by atoms with Crippen molar-refractivity contribution in [2.75, 3.05) is 23.1 Å². The van der Waals surface area contributed by atoms with Crippen LogP contribution >= 0.6 is 22.9 Å². The van der Waals surface area contributed by atoms with E-state index in [4.69, 9.17) is 11.6 Å². The number of rotatable bonds is 6. The van der Waals surface area contributed by atoms with Gasteiger partial charge in [-0.3, -0.25) is 19.6 Å². The molecule has 166 valence electrons. The number of likely N-dealkylation sites (tertiary alicyclic amines) is 1. The second-order valence-corrected chi connectivity index (χ2v) is 10.3. The zero-order valence-electron chi connectivity index (χ0n) is 16.6. The topological polar surface area (TPSA) is 121 Å². The molecule has 9 nitrogen and oxygen atoms in total. The zero-order chi connectivity index (χ0) is 22.7. The summed E-state index contributed by atoms with van der Waals surface area (Å²) in [6.45, 7) is 1.29. The van der Waals surface area contributed by atoms with E-state index in [0.29, 0.717) is 35.0 Å². The Bertz CT molecular complexity index is 1260. The minimum absolute atomic E-state index is 0.0201. The van der Waals surface area contributed by atoms with Crippen LogP contribution in [-0.4, -0.2) is 48.4 Å². The van der Waals surface area contributed by atoms with Crippen LogP contribution in [0.4, 0.5) is 10.8 Å². The fourth-order valence-corrected chi connectivity index (χ4v) is 5.28. The molecule has 0 atom stereocenters. The van der Waals surface area contributed by atoms with Crippen molar-refractivity contribution in [3.8, 4) is 0 Å². The number of anilines is 2. The summed E-state index contributed by atoms with van der Waals surface area (Å²) in [5.74, 6) is -0.703. The minimum Gasteiger partial charge on any atom is -0.339 e. The summed E-state index contributed by atoms with van der Waals surface area (Å²) < 4.78 is 27.8. The molecule has 1 aliphatic heterocycles. The highest BCUT2D eigenvalue weighted by molar-refractivity contribution is 7.94. The number of amides is 2. The third-order valence-electron chi connectivity index (χ3n) is 4.76. The van der Waals surface area contributed by atoms with Gasteiger partial charge >= 0.3 is 0 Å². The molecule has 1 saturated heterocycles. The van der Waals surface area contributed by atoms with E-state index in [9.17, 15) is 18.0 Å². The first-order chi connectivity index (χ1) is 15.3. The Morgan fingerprint density at radius 2 is 1.69 bits per heavy atom. The van der Waals surface area contributed by atoms with Crippen molar-refractivity contribution in [1.29, 1.82) is 0 Å². The van der Waals surface area contributed by atoms with Crippen molar-refractivity contribution in [3.63, 3.8) is 0 Å². The quantitative estimate of drug-likeness (QED) is 0.509. The molecule has 32 heavy (non-hydrogen) atoms. The van der Waals surface area contributed by atoms with E-state index < -0.39 is 15.9 Å². The van der Waals surface area contributed by atoms with E-state index in [1.54, 1.807) is 35.2 Å². The number of hydrogen-bond donors (Lipinski definition) is 2. The molecule has 0 saturated carbocycles. The van der Waals surface area contributed by atoms with Crippen LogP contribution in [-0.2, 0) is 10.0 Å². The molecule has 0 spiro atoms. The number of sulfonamides is 1. The lowest BCUT2D eigenvalue weighted by atomic mass is 10.1. The fraction of sp³-hybridized carbons (Fsp3) is 0.200. The summed E-state index contributed by atoms with van der Waals surface area (Å²) >= 11 is 6.51. The number of carbonyl (C=O) groups excluding carboxylic acids is 2. The number of benzene rings is 2. The maximum Gasteiger partial charge on any atom is 0.291 e. The number of nitrogens with zero attached hydrogens (tertiary/aromatic N) is 3. The SMILES string of the molecule is O=C(Nc1nnc(S(=O)(=O)Nc2ccccc2C(=O)N2CCCC2)s1)c1ccc(Cl)cc1. The van der Waals surface area contributed by atoms with Gasteiger partial charge in [-0.15, -0.1) is 10.2 Å². The van der Waals surface area contributed by atoms with Gasteiger partial charge < -0.3 is 4.90 Å². The molecule has 4 rings (SSSR count). The number of carbonyl (C=O) groups is 2. The summed E-state index contributed by atoms with van der Waals surface area (Å²) in [5, 5.41) is 10.4. The van der Waals surface area contributed by atoms with Crippen molar-refractivity contribution < 1.29 is 18.0 Å². The van der Waals surface area contributed by atoms with Crippen molar-refractivity contribution >= 4 is 55.6 Å². The van der Waals surface area contributed by atoms with Crippen LogP contribution in [0.5, 0.6) is 0 Å². The molecule has 0 bridgehead atoms. The van der Waals surface area contributed by atoms with Crippen molar-refractivity contribution in [2.24, 2.45) is 0 Å². The van der Waals surface area contributed by atoms with Crippen LogP contribution in [0.15, 0.2) is 52.9 Å². The molecule has 3 aromatic rings. The number of aromatic nitrogens is 2. The van der Waals surface area contributed by atoms with Gasteiger partial charge in [0.15, 0.2) is 0 Å². The van der Waals surface area contributed by atoms with Gasteiger partial charge in [0.1, 0.15) is 0 Å². The van der Waals surface area contributed by atoms with Crippen LogP contribution in [0.2, 0.25) is 5.02 Å². The van der Waals surface area contributed by atoms with Crippen molar-refractivity contribution in [2.45, 2.75) is 17.2 Å². The molecule has 2 heterocycles. The Balaban J connectivity index is 1.50. The first kappa shape index (κ1) is 22.2. The highest BCUT2D eigenvalue weighted by atomic mass is 35.5. The van der Waals surface area contributed by atoms with Crippen LogP contribution in [0, 0.1) is 0 Å². The maximum atomic E-state index is 12.8. The van der Waals surface area contributed by atoms with Crippen LogP contribution < -0.4 is 10.0 Å². The van der Waals surface area contributed by atoms with Crippen molar-refractivity contribution in [1.82, 2.24) is 15.1 Å². The third-order valence-corrected chi connectivity index (χ3v) is 7.58. The van der Waals surface area contributed by atoms with E-state index in [0.717, 1.165) is 12.8 Å². The predicted molar refractivity (Wildman–Crippen MR) is 122 cm³/mol. The van der Waals surface area contributed by atoms with E-state index in [2.05, 4.69) is 20.2 Å². The molecule has 1 fully saturated rings. The highest BCUT2D eigenvalue weighted by Gasteiger charge is 2.26. The van der Waals surface area contributed by atoms with Crippen LogP contribution in [0.3, 0.4) is 0 Å². The summed E-state index contributed by atoms with van der Waals surface area (Å²) in [5.41, 5.74) is 0.756. The van der Waals surface area contributed by atoms with Gasteiger partial charge in [0.05, 0.1) is 11.3 Å². The Morgan fingerprint density at radius 1 is 1.00 bits per heavy atom. The Morgan fingerprint density at radius 3 is 2.41 bits per heavy atom. The Kier molecular flexibility index (Phi) is 6.40. The molecule has 1 aliphatic rings. The van der Waals surface area contributed by atoms with Gasteiger partial charge in [0.2, 0.25) is 5.13 Å². The van der Waals surface area contributed by atoms with E-state index >= 15 is 0 Å². The molecule has 2 N–H and O–H groups in total. The standard InChI is InChI=1S/C20H18ClN5O4S2/c21-14-9-7-13(8-10-14)17(27)22-19-23-24-20(31-19)32(29,30)25-16-6-2-1-5-15(16)18(28)26-11-3-4-12-26/h1-2,5-10,25H,3-4,11-12H2,(H,22,23,27). The van der Waals surface area contributed by atoms with Gasteiger partial charge in [-0.25, -0.2) is 0 Å². The van der Waals surface area contributed by atoms with E-state index in [1.807, 2.05) is 0 Å². The number of hydrogen-bond acceptors (Lipinski definition) is 7.